The number of carbonyl (C=O) groups excluding carboxylic acids is 3. The molecule has 19 atom stereocenters. The number of likely N-dealkylation sites (N-methyl/N-ethyl adjacent to an activating group) is 1. The number of carbonyl (C=O) groups is 3. The molecule has 0 radical (unpaired) electrons. The molecule has 378 valence electrons. The van der Waals surface area contributed by atoms with Crippen molar-refractivity contribution >= 4 is 46.3 Å². The van der Waals surface area contributed by atoms with Gasteiger partial charge in [-0.3, -0.25) is 14.4 Å². The van der Waals surface area contributed by atoms with Gasteiger partial charge in [0.05, 0.1) is 59.7 Å². The third kappa shape index (κ3) is 10.5. The summed E-state index contributed by atoms with van der Waals surface area (Å²) in [7, 11) is 6.84. The smallest absolute Gasteiger partial charge is 0.320 e. The maximum atomic E-state index is 15.1. The summed E-state index contributed by atoms with van der Waals surface area (Å²) >= 11 is 1.35. The normalized spacial score (nSPS) is 42.6. The maximum Gasteiger partial charge on any atom is 0.320 e. The number of thioether (sulfide) groups is 1. The number of hydrogen-bond donors (Lipinski definition) is 3. The van der Waals surface area contributed by atoms with Gasteiger partial charge in [0, 0.05) is 56.1 Å². The summed E-state index contributed by atoms with van der Waals surface area (Å²) in [6.07, 6.45) is -4.03. The number of cyclic esters (lactones) is 1. The van der Waals surface area contributed by atoms with Crippen LogP contribution in [0.1, 0.15) is 94.9 Å². The number of Topliss-reactive ketones (excluding diaryl/α,β-unsaturated/α-hetero) is 1. The number of esters is 2. The minimum absolute atomic E-state index is 0.119. The van der Waals surface area contributed by atoms with Crippen LogP contribution in [0.4, 0.5) is 5.82 Å². The molecule has 6 heterocycles. The second-order valence-corrected chi connectivity index (χ2v) is 21.5. The van der Waals surface area contributed by atoms with Crippen LogP contribution in [0.15, 0.2) is 12.5 Å². The third-order valence-electron chi connectivity index (χ3n) is 15.3. The van der Waals surface area contributed by atoms with Crippen LogP contribution < -0.4 is 5.73 Å². The number of nitrogens with two attached hydrogens (primary N) is 1. The van der Waals surface area contributed by atoms with Gasteiger partial charge >= 0.3 is 11.9 Å². The van der Waals surface area contributed by atoms with Crippen LogP contribution >= 0.6 is 11.8 Å². The van der Waals surface area contributed by atoms with Crippen molar-refractivity contribution in [3.8, 4) is 0 Å². The number of aliphatic hydroxyl groups is 2. The lowest BCUT2D eigenvalue weighted by atomic mass is 9.70. The van der Waals surface area contributed by atoms with Crippen LogP contribution in [0.25, 0.3) is 11.0 Å². The molecule has 2 unspecified atom stereocenters. The highest BCUT2D eigenvalue weighted by molar-refractivity contribution is 8.00. The number of hydrogen-bond acceptors (Lipinski definition) is 19. The van der Waals surface area contributed by atoms with E-state index in [2.05, 4.69) is 15.1 Å². The Labute approximate surface area is 399 Å². The first-order valence-electron chi connectivity index (χ1n) is 23.7. The van der Waals surface area contributed by atoms with E-state index < -0.39 is 113 Å². The number of nitrogens with zero attached hydrogens (tertiary/aromatic N) is 5. The van der Waals surface area contributed by atoms with E-state index in [1.54, 1.807) is 45.7 Å². The van der Waals surface area contributed by atoms with Crippen LogP contribution in [-0.2, 0) is 58.8 Å². The molecule has 2 aromatic heterocycles. The summed E-state index contributed by atoms with van der Waals surface area (Å²) in [6, 6.07) is -0.303. The number of aromatic nitrogens is 4. The lowest BCUT2D eigenvalue weighted by molar-refractivity contribution is -0.319. The van der Waals surface area contributed by atoms with Crippen LogP contribution in [0.2, 0.25) is 0 Å². The Hall–Kier alpha value is -3.05. The summed E-state index contributed by atoms with van der Waals surface area (Å²) in [5.41, 5.74) is 2.88. The molecule has 0 amide bonds. The van der Waals surface area contributed by atoms with Gasteiger partial charge in [0.15, 0.2) is 23.8 Å². The first kappa shape index (κ1) is 53.3. The fraction of sp³-hybridized carbons (Fsp3) is 0.830. The molecular formula is C47H76N6O13S. The van der Waals surface area contributed by atoms with E-state index in [1.807, 2.05) is 60.5 Å². The molecule has 0 bridgehead atoms. The lowest BCUT2D eigenvalue weighted by Crippen LogP contribution is -2.61. The van der Waals surface area contributed by atoms with Crippen LogP contribution in [0.3, 0.4) is 0 Å². The average molecular weight is 965 g/mol. The second kappa shape index (κ2) is 21.1. The Morgan fingerprint density at radius 1 is 0.940 bits per heavy atom. The fourth-order valence-corrected chi connectivity index (χ4v) is 12.7. The molecule has 4 aliphatic rings. The molecule has 19 nitrogen and oxygen atoms in total. The number of rotatable bonds is 12. The monoisotopic (exact) mass is 965 g/mol. The van der Waals surface area contributed by atoms with Crippen LogP contribution in [0.5, 0.6) is 0 Å². The van der Waals surface area contributed by atoms with Crippen molar-refractivity contribution in [3.05, 3.63) is 12.5 Å². The predicted molar refractivity (Wildman–Crippen MR) is 248 cm³/mol. The molecule has 4 fully saturated rings. The Bertz CT molecular complexity index is 2050. The summed E-state index contributed by atoms with van der Waals surface area (Å²) in [5, 5.41) is 27.2. The Kier molecular flexibility index (Phi) is 16.8. The second-order valence-electron chi connectivity index (χ2n) is 20.2. The van der Waals surface area contributed by atoms with Gasteiger partial charge in [-0.2, -0.15) is 5.10 Å². The largest absolute Gasteiger partial charge is 0.458 e. The summed E-state index contributed by atoms with van der Waals surface area (Å²) in [4.78, 5) is 54.6. The maximum absolute atomic E-state index is 15.1. The van der Waals surface area contributed by atoms with E-state index >= 15 is 4.79 Å². The molecule has 20 heteroatoms. The number of anilines is 1. The highest BCUT2D eigenvalue weighted by Gasteiger charge is 2.62. The van der Waals surface area contributed by atoms with Gasteiger partial charge in [-0.25, -0.2) is 14.6 Å². The number of aryl methyl sites for hydroxylation is 1. The summed E-state index contributed by atoms with van der Waals surface area (Å²) in [5.74, 6) is -4.48. The van der Waals surface area contributed by atoms with E-state index in [9.17, 15) is 19.8 Å². The first-order valence-corrected chi connectivity index (χ1v) is 24.7. The molecular weight excluding hydrogens is 889 g/mol. The third-order valence-corrected chi connectivity index (χ3v) is 16.6. The zero-order valence-corrected chi connectivity index (χ0v) is 42.6. The molecule has 2 aromatic rings. The molecule has 4 N–H and O–H groups in total. The Balaban J connectivity index is 1.41. The van der Waals surface area contributed by atoms with Crippen LogP contribution in [-0.4, -0.2) is 170 Å². The van der Waals surface area contributed by atoms with Gasteiger partial charge in [0.1, 0.15) is 41.5 Å². The van der Waals surface area contributed by atoms with Crippen molar-refractivity contribution in [2.45, 2.75) is 185 Å². The quantitative estimate of drug-likeness (QED) is 0.257. The number of methoxy groups -OCH3 is 2. The van der Waals surface area contributed by atoms with Crippen molar-refractivity contribution < 1.29 is 62.5 Å². The fourth-order valence-electron chi connectivity index (χ4n) is 11.2. The molecule has 4 saturated heterocycles. The van der Waals surface area contributed by atoms with Gasteiger partial charge in [-0.1, -0.05) is 27.7 Å². The zero-order chi connectivity index (χ0) is 49.5. The molecule has 67 heavy (non-hydrogen) atoms. The van der Waals surface area contributed by atoms with E-state index in [1.165, 1.54) is 25.2 Å². The standard InChI is InChI=1S/C47H76N6O13S/c1-15-31-47(10)33(37(43(58)66-47)67-17-16-53-41-29(21-51-53)40(48)49-22-50-41)25(4)34(54)23(2)19-46(9,60-14)39(65-44-35(55)30(52(11)12)18-24(3)61-44)26(5)36(27(6)42(57)63-31)64-32-20-45(8,59-13)38(56)28(7)62-32/h21-28,30-33,35-39,44,55-56H,15-20H2,1-14H3,(H2,48,49,50)/t23-,24-,25-,26+,27-,28-,30+,31-,32+,33?,35-,36+,37?,38+,39-,44+,45-,46-,47-/m1/s1. The molecule has 0 aliphatic carbocycles. The van der Waals surface area contributed by atoms with Crippen molar-refractivity contribution in [2.24, 2.45) is 29.6 Å². The lowest BCUT2D eigenvalue weighted by Gasteiger charge is -2.50. The molecule has 6 rings (SSSR count). The Morgan fingerprint density at radius 2 is 1.63 bits per heavy atom. The average Bonchev–Trinajstić information content (AvgIpc) is 3.82. The number of ketones is 1. The molecule has 0 spiro atoms. The van der Waals surface area contributed by atoms with E-state index in [0.717, 1.165) is 0 Å². The molecule has 4 aliphatic heterocycles. The highest BCUT2D eigenvalue weighted by atomic mass is 32.2. The zero-order valence-electron chi connectivity index (χ0n) is 41.7. The number of aliphatic hydroxyl groups excluding tert-OH is 2. The van der Waals surface area contributed by atoms with Crippen molar-refractivity contribution in [1.29, 1.82) is 0 Å². The Morgan fingerprint density at radius 3 is 2.27 bits per heavy atom. The highest BCUT2D eigenvalue weighted by Crippen LogP contribution is 2.49. The minimum atomic E-state index is -1.41. The van der Waals surface area contributed by atoms with Gasteiger partial charge in [-0.15, -0.1) is 11.8 Å². The van der Waals surface area contributed by atoms with Gasteiger partial charge in [0.25, 0.3) is 0 Å². The topological polar surface area (TPSA) is 238 Å². The molecule has 0 aromatic carbocycles. The van der Waals surface area contributed by atoms with E-state index in [4.69, 9.17) is 43.6 Å². The van der Waals surface area contributed by atoms with Gasteiger partial charge < -0.3 is 58.7 Å². The summed E-state index contributed by atoms with van der Waals surface area (Å²) < 4.78 is 53.4. The van der Waals surface area contributed by atoms with Gasteiger partial charge in [0.2, 0.25) is 0 Å². The van der Waals surface area contributed by atoms with Crippen molar-refractivity contribution in [3.63, 3.8) is 0 Å². The summed E-state index contributed by atoms with van der Waals surface area (Å²) in [6.45, 7) is 18.5. The van der Waals surface area contributed by atoms with E-state index in [-0.39, 0.29) is 37.2 Å². The van der Waals surface area contributed by atoms with E-state index in [0.29, 0.717) is 35.6 Å². The minimum Gasteiger partial charge on any atom is -0.458 e. The molecule has 0 saturated carbocycles. The predicted octanol–water partition coefficient (Wildman–Crippen LogP) is 3.78. The number of fused-ring (bicyclic) bond motifs is 2. The number of nitrogen functional groups attached to an aromatic ring is 1. The first-order chi connectivity index (χ1) is 31.4. The van der Waals surface area contributed by atoms with Crippen LogP contribution in [0, 0.1) is 29.6 Å². The number of ether oxygens (including phenoxy) is 8. The van der Waals surface area contributed by atoms with Crippen molar-refractivity contribution in [2.75, 3.05) is 39.8 Å². The van der Waals surface area contributed by atoms with Gasteiger partial charge in [-0.05, 0) is 74.9 Å². The SMILES string of the molecule is CC[C@H]1OC(=O)[C@H](C)[C@@H](O[C@H]2C[C@@](C)(OC)[C@@H](O)[C@@H](C)O2)[C@H](C)[C@@H](O[C@@H]2O[C@H](C)C[C@H](N(C)C)[C@H]2O)[C@](C)(OC)C[C@@H](C)C(=O)[C@H](C)C2C(SCCn3ncc4c(N)ncnc43)C(=O)O[C@@]21C. The van der Waals surface area contributed by atoms with Crippen molar-refractivity contribution in [1.82, 2.24) is 24.6 Å².